The molecule has 20 heavy (non-hydrogen) atoms. The topological polar surface area (TPSA) is 40.5 Å². The first-order valence-corrected chi connectivity index (χ1v) is 8.47. The van der Waals surface area contributed by atoms with Crippen LogP contribution in [0.2, 0.25) is 0 Å². The van der Waals surface area contributed by atoms with Gasteiger partial charge < -0.3 is 10.2 Å². The number of thiazole rings is 1. The highest BCUT2D eigenvalue weighted by Gasteiger charge is 2.43. The summed E-state index contributed by atoms with van der Waals surface area (Å²) >= 11 is 1.74. The van der Waals surface area contributed by atoms with Crippen LogP contribution in [0.5, 0.6) is 0 Å². The highest BCUT2D eigenvalue weighted by atomic mass is 32.1. The van der Waals surface area contributed by atoms with E-state index in [1.54, 1.807) is 11.3 Å². The van der Waals surface area contributed by atoms with Gasteiger partial charge in [0.15, 0.2) is 5.96 Å². The van der Waals surface area contributed by atoms with Crippen molar-refractivity contribution >= 4 is 17.3 Å². The van der Waals surface area contributed by atoms with Crippen LogP contribution in [0.3, 0.4) is 0 Å². The minimum atomic E-state index is 0.619. The van der Waals surface area contributed by atoms with Crippen molar-refractivity contribution in [2.75, 3.05) is 19.6 Å². The molecule has 1 aromatic heterocycles. The van der Waals surface area contributed by atoms with Gasteiger partial charge in [-0.25, -0.2) is 9.98 Å². The van der Waals surface area contributed by atoms with Crippen molar-refractivity contribution < 1.29 is 0 Å². The summed E-state index contributed by atoms with van der Waals surface area (Å²) in [6, 6.07) is 0. The molecule has 1 spiro atoms. The van der Waals surface area contributed by atoms with Crippen LogP contribution in [0.25, 0.3) is 0 Å². The van der Waals surface area contributed by atoms with E-state index in [4.69, 9.17) is 4.99 Å². The van der Waals surface area contributed by atoms with Gasteiger partial charge in [-0.1, -0.05) is 6.42 Å². The van der Waals surface area contributed by atoms with Crippen molar-refractivity contribution in [2.24, 2.45) is 10.4 Å². The number of rotatable bonds is 3. The molecule has 3 rings (SSSR count). The molecule has 1 aliphatic carbocycles. The number of aryl methyl sites for hydroxylation is 1. The van der Waals surface area contributed by atoms with Crippen molar-refractivity contribution in [2.45, 2.75) is 46.1 Å². The second kappa shape index (κ2) is 5.72. The van der Waals surface area contributed by atoms with Crippen molar-refractivity contribution in [3.05, 3.63) is 16.1 Å². The van der Waals surface area contributed by atoms with E-state index < -0.39 is 0 Å². The third-order valence-electron chi connectivity index (χ3n) is 4.52. The summed E-state index contributed by atoms with van der Waals surface area (Å²) in [6.07, 6.45) is 7.51. The van der Waals surface area contributed by atoms with Crippen LogP contribution in [0.4, 0.5) is 0 Å². The Morgan fingerprint density at radius 1 is 1.50 bits per heavy atom. The zero-order valence-corrected chi connectivity index (χ0v) is 13.3. The zero-order chi connectivity index (χ0) is 14.0. The maximum Gasteiger partial charge on any atom is 0.194 e. The van der Waals surface area contributed by atoms with Crippen molar-refractivity contribution in [1.29, 1.82) is 0 Å². The fourth-order valence-corrected chi connectivity index (χ4v) is 3.96. The van der Waals surface area contributed by atoms with Gasteiger partial charge in [0.1, 0.15) is 5.01 Å². The van der Waals surface area contributed by atoms with Crippen molar-refractivity contribution in [3.8, 4) is 0 Å². The molecule has 0 aromatic carbocycles. The van der Waals surface area contributed by atoms with Gasteiger partial charge in [0.2, 0.25) is 0 Å². The lowest BCUT2D eigenvalue weighted by atomic mass is 9.68. The Balaban J connectivity index is 1.65. The maximum absolute atomic E-state index is 4.78. The highest BCUT2D eigenvalue weighted by molar-refractivity contribution is 7.11. The second-order valence-electron chi connectivity index (χ2n) is 6.06. The molecule has 2 aliphatic rings. The summed E-state index contributed by atoms with van der Waals surface area (Å²) in [4.78, 5) is 12.9. The van der Waals surface area contributed by atoms with E-state index in [-0.39, 0.29) is 0 Å². The number of aliphatic imine (C=N–C) groups is 1. The maximum atomic E-state index is 4.78. The summed E-state index contributed by atoms with van der Waals surface area (Å²) in [5, 5.41) is 4.55. The molecule has 110 valence electrons. The Kier molecular flexibility index (Phi) is 3.96. The molecule has 0 amide bonds. The number of hydrogen-bond donors (Lipinski definition) is 1. The molecule has 5 heteroatoms. The fourth-order valence-electron chi connectivity index (χ4n) is 3.24. The minimum Gasteiger partial charge on any atom is -0.357 e. The number of aromatic nitrogens is 1. The Hall–Kier alpha value is -1.10. The van der Waals surface area contributed by atoms with Crippen LogP contribution in [-0.2, 0) is 6.54 Å². The van der Waals surface area contributed by atoms with E-state index >= 15 is 0 Å². The summed E-state index contributed by atoms with van der Waals surface area (Å²) in [6.45, 7) is 8.21. The summed E-state index contributed by atoms with van der Waals surface area (Å²) in [7, 11) is 0. The van der Waals surface area contributed by atoms with Gasteiger partial charge in [0, 0.05) is 30.7 Å². The predicted octanol–water partition coefficient (Wildman–Crippen LogP) is 2.79. The Bertz CT molecular complexity index is 490. The summed E-state index contributed by atoms with van der Waals surface area (Å²) < 4.78 is 0. The van der Waals surface area contributed by atoms with E-state index in [2.05, 4.69) is 29.0 Å². The molecule has 1 saturated heterocycles. The lowest BCUT2D eigenvalue weighted by Crippen LogP contribution is -2.42. The van der Waals surface area contributed by atoms with E-state index in [1.807, 2.05) is 6.20 Å². The SMILES string of the molecule is CCNC(=NCc1ncc(C)s1)N1CCC2(CCC2)C1. The Morgan fingerprint density at radius 3 is 2.90 bits per heavy atom. The van der Waals surface area contributed by atoms with Gasteiger partial charge in [-0.2, -0.15) is 0 Å². The Labute approximate surface area is 125 Å². The molecular weight excluding hydrogens is 268 g/mol. The second-order valence-corrected chi connectivity index (χ2v) is 7.38. The monoisotopic (exact) mass is 292 g/mol. The average molecular weight is 292 g/mol. The number of likely N-dealkylation sites (tertiary alicyclic amines) is 1. The molecule has 4 nitrogen and oxygen atoms in total. The Morgan fingerprint density at radius 2 is 2.35 bits per heavy atom. The number of nitrogens with zero attached hydrogens (tertiary/aromatic N) is 3. The molecule has 0 atom stereocenters. The predicted molar refractivity (Wildman–Crippen MR) is 84.1 cm³/mol. The third-order valence-corrected chi connectivity index (χ3v) is 5.42. The van der Waals surface area contributed by atoms with E-state index in [0.29, 0.717) is 12.0 Å². The van der Waals surface area contributed by atoms with Crippen LogP contribution in [0.1, 0.15) is 42.5 Å². The van der Waals surface area contributed by atoms with Gasteiger partial charge in [-0.05, 0) is 38.5 Å². The minimum absolute atomic E-state index is 0.619. The first-order chi connectivity index (χ1) is 9.71. The first-order valence-electron chi connectivity index (χ1n) is 7.65. The van der Waals surface area contributed by atoms with Crippen molar-refractivity contribution in [3.63, 3.8) is 0 Å². The van der Waals surface area contributed by atoms with Gasteiger partial charge in [-0.15, -0.1) is 11.3 Å². The van der Waals surface area contributed by atoms with Gasteiger partial charge in [0.25, 0.3) is 0 Å². The van der Waals surface area contributed by atoms with Crippen LogP contribution in [0.15, 0.2) is 11.2 Å². The van der Waals surface area contributed by atoms with Gasteiger partial charge in [0.05, 0.1) is 6.54 Å². The third kappa shape index (κ3) is 2.82. The molecule has 1 aromatic rings. The van der Waals surface area contributed by atoms with E-state index in [9.17, 15) is 0 Å². The van der Waals surface area contributed by atoms with E-state index in [0.717, 1.165) is 24.1 Å². The van der Waals surface area contributed by atoms with Crippen LogP contribution in [0, 0.1) is 12.3 Å². The molecule has 1 N–H and O–H groups in total. The molecule has 0 radical (unpaired) electrons. The zero-order valence-electron chi connectivity index (χ0n) is 12.5. The van der Waals surface area contributed by atoms with Gasteiger partial charge in [-0.3, -0.25) is 0 Å². The van der Waals surface area contributed by atoms with Crippen LogP contribution >= 0.6 is 11.3 Å². The molecule has 1 saturated carbocycles. The van der Waals surface area contributed by atoms with Crippen LogP contribution in [-0.4, -0.2) is 35.5 Å². The number of guanidine groups is 1. The highest BCUT2D eigenvalue weighted by Crippen LogP contribution is 2.47. The summed E-state index contributed by atoms with van der Waals surface area (Å²) in [5.74, 6) is 1.07. The van der Waals surface area contributed by atoms with Crippen molar-refractivity contribution in [1.82, 2.24) is 15.2 Å². The lowest BCUT2D eigenvalue weighted by molar-refractivity contribution is 0.151. The normalized spacial score (nSPS) is 21.3. The average Bonchev–Trinajstić information content (AvgIpc) is 3.00. The standard InChI is InChI=1S/C15H24N4S/c1-3-16-14(18-10-13-17-9-12(2)20-13)19-8-7-15(11-19)5-4-6-15/h9H,3-8,10-11H2,1-2H3,(H,16,18). The molecule has 2 heterocycles. The fraction of sp³-hybridized carbons (Fsp3) is 0.733. The van der Waals surface area contributed by atoms with Crippen LogP contribution < -0.4 is 5.32 Å². The molecule has 2 fully saturated rings. The molecule has 1 aliphatic heterocycles. The quantitative estimate of drug-likeness (QED) is 0.688. The molecule has 0 bridgehead atoms. The van der Waals surface area contributed by atoms with E-state index in [1.165, 1.54) is 37.1 Å². The number of hydrogen-bond acceptors (Lipinski definition) is 3. The lowest BCUT2D eigenvalue weighted by Gasteiger charge is -2.38. The first kappa shape index (κ1) is 13.9. The largest absolute Gasteiger partial charge is 0.357 e. The number of nitrogens with one attached hydrogen (secondary N) is 1. The molecule has 0 unspecified atom stereocenters. The summed E-state index contributed by atoms with van der Waals surface area (Å²) in [5.41, 5.74) is 0.619. The van der Waals surface area contributed by atoms with Gasteiger partial charge >= 0.3 is 0 Å². The molecular formula is C15H24N4S. The smallest absolute Gasteiger partial charge is 0.194 e.